The second kappa shape index (κ2) is 6.72. The molecule has 5 nitrogen and oxygen atoms in total. The van der Waals surface area contributed by atoms with Crippen molar-refractivity contribution in [2.24, 2.45) is 0 Å². The number of pyridine rings is 1. The molecular formula is C17H16F3N3O2. The van der Waals surface area contributed by atoms with Gasteiger partial charge in [-0.25, -0.2) is 4.98 Å². The summed E-state index contributed by atoms with van der Waals surface area (Å²) in [6, 6.07) is 6.71. The minimum atomic E-state index is -4.41. The van der Waals surface area contributed by atoms with Crippen LogP contribution in [0.25, 0.3) is 22.4 Å². The highest BCUT2D eigenvalue weighted by molar-refractivity contribution is 5.90. The number of methoxy groups -OCH3 is 1. The van der Waals surface area contributed by atoms with E-state index in [0.29, 0.717) is 46.9 Å². The Morgan fingerprint density at radius 1 is 1.24 bits per heavy atom. The van der Waals surface area contributed by atoms with E-state index in [4.69, 9.17) is 9.26 Å². The van der Waals surface area contributed by atoms with E-state index in [0.717, 1.165) is 12.1 Å². The molecule has 0 amide bonds. The summed E-state index contributed by atoms with van der Waals surface area (Å²) in [4.78, 5) is 4.42. The first-order valence-electron chi connectivity index (χ1n) is 7.57. The maximum atomic E-state index is 13.0. The van der Waals surface area contributed by atoms with Crippen LogP contribution in [0.1, 0.15) is 11.3 Å². The van der Waals surface area contributed by atoms with Gasteiger partial charge in [-0.15, -0.1) is 0 Å². The lowest BCUT2D eigenvalue weighted by molar-refractivity contribution is -0.137. The predicted molar refractivity (Wildman–Crippen MR) is 87.3 cm³/mol. The van der Waals surface area contributed by atoms with Gasteiger partial charge in [0.15, 0.2) is 0 Å². The summed E-state index contributed by atoms with van der Waals surface area (Å²) in [5.41, 5.74) is 2.20. The number of alkyl halides is 3. The van der Waals surface area contributed by atoms with E-state index < -0.39 is 11.7 Å². The van der Waals surface area contributed by atoms with E-state index in [2.05, 4.69) is 15.5 Å². The van der Waals surface area contributed by atoms with Crippen molar-refractivity contribution in [3.63, 3.8) is 0 Å². The zero-order valence-corrected chi connectivity index (χ0v) is 13.6. The highest BCUT2D eigenvalue weighted by atomic mass is 19.4. The van der Waals surface area contributed by atoms with Gasteiger partial charge in [0.2, 0.25) is 5.58 Å². The van der Waals surface area contributed by atoms with Crippen LogP contribution in [0.3, 0.4) is 0 Å². The molecule has 1 aromatic carbocycles. The molecule has 0 radical (unpaired) electrons. The number of benzene rings is 1. The van der Waals surface area contributed by atoms with Gasteiger partial charge in [0.05, 0.1) is 23.6 Å². The molecule has 2 aromatic heterocycles. The number of hydrogen-bond acceptors (Lipinski definition) is 5. The molecule has 0 fully saturated rings. The fraction of sp³-hybridized carbons (Fsp3) is 0.294. The molecule has 0 atom stereocenters. The van der Waals surface area contributed by atoms with Crippen LogP contribution < -0.4 is 5.32 Å². The maximum Gasteiger partial charge on any atom is 0.416 e. The largest absolute Gasteiger partial charge is 0.416 e. The number of aromatic nitrogens is 2. The van der Waals surface area contributed by atoms with Crippen molar-refractivity contribution in [3.05, 3.63) is 41.6 Å². The van der Waals surface area contributed by atoms with Gasteiger partial charge in [-0.2, -0.15) is 13.2 Å². The molecule has 0 saturated heterocycles. The minimum absolute atomic E-state index is 0.368. The van der Waals surface area contributed by atoms with Crippen LogP contribution in [-0.2, 0) is 10.9 Å². The highest BCUT2D eigenvalue weighted by Crippen LogP contribution is 2.34. The number of nitrogens with zero attached hydrogens (tertiary/aromatic N) is 2. The molecule has 0 aliphatic heterocycles. The van der Waals surface area contributed by atoms with E-state index in [1.54, 1.807) is 26.2 Å². The van der Waals surface area contributed by atoms with Crippen LogP contribution in [0.4, 0.5) is 18.9 Å². The Hall–Kier alpha value is -2.61. The lowest BCUT2D eigenvalue weighted by atomic mass is 10.1. The Labute approximate surface area is 141 Å². The molecule has 0 aliphatic rings. The fourth-order valence-corrected chi connectivity index (χ4v) is 2.45. The van der Waals surface area contributed by atoms with Crippen LogP contribution in [-0.4, -0.2) is 30.4 Å². The number of fused-ring (bicyclic) bond motifs is 1. The third kappa shape index (κ3) is 3.58. The number of aryl methyl sites for hydroxylation is 1. The lowest BCUT2D eigenvalue weighted by Gasteiger charge is -2.11. The quantitative estimate of drug-likeness (QED) is 0.696. The van der Waals surface area contributed by atoms with Gasteiger partial charge in [-0.05, 0) is 25.1 Å². The van der Waals surface area contributed by atoms with Gasteiger partial charge in [0.1, 0.15) is 11.2 Å². The van der Waals surface area contributed by atoms with Crippen molar-refractivity contribution in [3.8, 4) is 11.3 Å². The summed E-state index contributed by atoms with van der Waals surface area (Å²) in [5.74, 6) is 0. The van der Waals surface area contributed by atoms with Gasteiger partial charge >= 0.3 is 6.18 Å². The van der Waals surface area contributed by atoms with Gasteiger partial charge < -0.3 is 14.6 Å². The molecule has 132 valence electrons. The number of ether oxygens (including phenoxy) is 1. The van der Waals surface area contributed by atoms with Crippen molar-refractivity contribution in [1.29, 1.82) is 0 Å². The summed E-state index contributed by atoms with van der Waals surface area (Å²) < 4.78 is 49.2. The van der Waals surface area contributed by atoms with Crippen molar-refractivity contribution in [2.45, 2.75) is 13.1 Å². The van der Waals surface area contributed by atoms with Crippen LogP contribution >= 0.6 is 0 Å². The SMILES string of the molecule is COCCNc1cc(-c2cccc(C(F)(F)F)c2)nc2c(C)noc12. The Bertz CT molecular complexity index is 890. The average molecular weight is 351 g/mol. The third-order valence-corrected chi connectivity index (χ3v) is 3.70. The summed E-state index contributed by atoms with van der Waals surface area (Å²) >= 11 is 0. The molecule has 3 rings (SSSR count). The molecule has 1 N–H and O–H groups in total. The first-order valence-corrected chi connectivity index (χ1v) is 7.57. The fourth-order valence-electron chi connectivity index (χ4n) is 2.45. The second-order valence-electron chi connectivity index (χ2n) is 5.50. The lowest BCUT2D eigenvalue weighted by Crippen LogP contribution is -2.08. The molecule has 0 unspecified atom stereocenters. The van der Waals surface area contributed by atoms with Crippen molar-refractivity contribution in [1.82, 2.24) is 10.1 Å². The molecule has 2 heterocycles. The van der Waals surface area contributed by atoms with E-state index >= 15 is 0 Å². The number of rotatable bonds is 5. The first kappa shape index (κ1) is 17.2. The standard InChI is InChI=1S/C17H16F3N3O2/c1-10-15-16(25-23-10)14(21-6-7-24-2)9-13(22-15)11-4-3-5-12(8-11)17(18,19)20/h3-5,8-9H,6-7H2,1-2H3,(H,21,22). The second-order valence-corrected chi connectivity index (χ2v) is 5.50. The smallest absolute Gasteiger partial charge is 0.383 e. The zero-order valence-electron chi connectivity index (χ0n) is 13.6. The Morgan fingerprint density at radius 3 is 2.76 bits per heavy atom. The summed E-state index contributed by atoms with van der Waals surface area (Å²) in [6.07, 6.45) is -4.41. The molecule has 0 aliphatic carbocycles. The van der Waals surface area contributed by atoms with Crippen molar-refractivity contribution >= 4 is 16.8 Å². The Kier molecular flexibility index (Phi) is 4.63. The van der Waals surface area contributed by atoms with Crippen LogP contribution in [0.2, 0.25) is 0 Å². The predicted octanol–water partition coefficient (Wildman–Crippen LogP) is 4.28. The minimum Gasteiger partial charge on any atom is -0.383 e. The maximum absolute atomic E-state index is 13.0. The molecule has 8 heteroatoms. The van der Waals surface area contributed by atoms with E-state index in [1.807, 2.05) is 0 Å². The van der Waals surface area contributed by atoms with E-state index in [9.17, 15) is 13.2 Å². The van der Waals surface area contributed by atoms with Gasteiger partial charge in [-0.3, -0.25) is 0 Å². The summed E-state index contributed by atoms with van der Waals surface area (Å²) in [6.45, 7) is 2.71. The summed E-state index contributed by atoms with van der Waals surface area (Å²) in [7, 11) is 1.58. The highest BCUT2D eigenvalue weighted by Gasteiger charge is 2.30. The molecule has 25 heavy (non-hydrogen) atoms. The van der Waals surface area contributed by atoms with Gasteiger partial charge in [-0.1, -0.05) is 17.3 Å². The number of halogens is 3. The molecular weight excluding hydrogens is 335 g/mol. The first-order chi connectivity index (χ1) is 11.9. The monoisotopic (exact) mass is 351 g/mol. The molecule has 3 aromatic rings. The van der Waals surface area contributed by atoms with Crippen LogP contribution in [0, 0.1) is 6.92 Å². The zero-order chi connectivity index (χ0) is 18.0. The molecule has 0 saturated carbocycles. The molecule has 0 bridgehead atoms. The number of hydrogen-bond donors (Lipinski definition) is 1. The summed E-state index contributed by atoms with van der Waals surface area (Å²) in [5, 5.41) is 7.02. The van der Waals surface area contributed by atoms with E-state index in [-0.39, 0.29) is 0 Å². The topological polar surface area (TPSA) is 60.2 Å². The van der Waals surface area contributed by atoms with Crippen LogP contribution in [0.15, 0.2) is 34.9 Å². The van der Waals surface area contributed by atoms with Crippen molar-refractivity contribution in [2.75, 3.05) is 25.6 Å². The third-order valence-electron chi connectivity index (χ3n) is 3.70. The van der Waals surface area contributed by atoms with Crippen molar-refractivity contribution < 1.29 is 22.4 Å². The van der Waals surface area contributed by atoms with E-state index in [1.165, 1.54) is 6.07 Å². The number of nitrogens with one attached hydrogen (secondary N) is 1. The Morgan fingerprint density at radius 2 is 2.04 bits per heavy atom. The van der Waals surface area contributed by atoms with Gasteiger partial charge in [0.25, 0.3) is 0 Å². The van der Waals surface area contributed by atoms with Gasteiger partial charge in [0, 0.05) is 19.2 Å². The normalized spacial score (nSPS) is 11.9. The van der Waals surface area contributed by atoms with Crippen LogP contribution in [0.5, 0.6) is 0 Å². The Balaban J connectivity index is 2.08. The molecule has 0 spiro atoms. The average Bonchev–Trinajstić information content (AvgIpc) is 2.96. The number of anilines is 1.